The number of hydrogen-bond donors (Lipinski definition) is 2. The number of esters is 1. The second-order valence-electron chi connectivity index (χ2n) is 6.07. The number of anilines is 1. The number of ether oxygens (including phenoxy) is 1. The highest BCUT2D eigenvalue weighted by molar-refractivity contribution is 7.16. The SMILES string of the molecule is CCCC(=O)N[C@H](Nc1sc2c(c1C(=O)OCC)CCCC2)C(Cl)(Cl)Cl. The van der Waals surface area contributed by atoms with Crippen LogP contribution in [-0.4, -0.2) is 28.4 Å². The van der Waals surface area contributed by atoms with Crippen LogP contribution in [-0.2, 0) is 22.4 Å². The van der Waals surface area contributed by atoms with Gasteiger partial charge in [-0.05, 0) is 44.6 Å². The molecule has 0 radical (unpaired) electrons. The fourth-order valence-electron chi connectivity index (χ4n) is 2.88. The summed E-state index contributed by atoms with van der Waals surface area (Å²) in [4.78, 5) is 25.6. The number of carbonyl (C=O) groups is 2. The molecule has 0 unspecified atom stereocenters. The largest absolute Gasteiger partial charge is 0.462 e. The lowest BCUT2D eigenvalue weighted by Gasteiger charge is -2.27. The molecule has 2 N–H and O–H groups in total. The van der Waals surface area contributed by atoms with Gasteiger partial charge in [0.15, 0.2) is 0 Å². The summed E-state index contributed by atoms with van der Waals surface area (Å²) in [7, 11) is 0. The highest BCUT2D eigenvalue weighted by atomic mass is 35.6. The van der Waals surface area contributed by atoms with Gasteiger partial charge in [0.1, 0.15) is 11.2 Å². The van der Waals surface area contributed by atoms with Gasteiger partial charge in [-0.2, -0.15) is 0 Å². The maximum Gasteiger partial charge on any atom is 0.341 e. The summed E-state index contributed by atoms with van der Waals surface area (Å²) in [6.45, 7) is 3.94. The highest BCUT2D eigenvalue weighted by Crippen LogP contribution is 2.40. The van der Waals surface area contributed by atoms with Crippen LogP contribution in [0.4, 0.5) is 5.00 Å². The van der Waals surface area contributed by atoms with Crippen LogP contribution in [0.25, 0.3) is 0 Å². The molecule has 9 heteroatoms. The van der Waals surface area contributed by atoms with E-state index >= 15 is 0 Å². The highest BCUT2D eigenvalue weighted by Gasteiger charge is 2.36. The topological polar surface area (TPSA) is 67.4 Å². The van der Waals surface area contributed by atoms with Crippen molar-refractivity contribution in [3.63, 3.8) is 0 Å². The second-order valence-corrected chi connectivity index (χ2v) is 9.55. The van der Waals surface area contributed by atoms with Gasteiger partial charge < -0.3 is 15.4 Å². The summed E-state index contributed by atoms with van der Waals surface area (Å²) in [5, 5.41) is 6.33. The molecule has 1 atom stereocenters. The third-order valence-electron chi connectivity index (χ3n) is 4.04. The molecule has 146 valence electrons. The predicted octanol–water partition coefficient (Wildman–Crippen LogP) is 4.83. The van der Waals surface area contributed by atoms with Gasteiger partial charge in [0, 0.05) is 11.3 Å². The zero-order valence-corrected chi connectivity index (χ0v) is 17.9. The van der Waals surface area contributed by atoms with Crippen LogP contribution in [0, 0.1) is 0 Å². The number of hydrogen-bond acceptors (Lipinski definition) is 5. The average molecular weight is 442 g/mol. The molecule has 1 aliphatic rings. The van der Waals surface area contributed by atoms with Crippen molar-refractivity contribution in [2.75, 3.05) is 11.9 Å². The van der Waals surface area contributed by atoms with Gasteiger partial charge in [-0.3, -0.25) is 4.79 Å². The van der Waals surface area contributed by atoms with E-state index < -0.39 is 15.9 Å². The zero-order valence-electron chi connectivity index (χ0n) is 14.8. The molecule has 0 aromatic carbocycles. The fourth-order valence-corrected chi connectivity index (χ4v) is 4.51. The third kappa shape index (κ3) is 5.41. The molecular formula is C17H23Cl3N2O3S. The number of halogens is 3. The molecule has 1 aromatic rings. The van der Waals surface area contributed by atoms with Crippen LogP contribution < -0.4 is 10.6 Å². The number of rotatable bonds is 7. The minimum atomic E-state index is -1.78. The number of fused-ring (bicyclic) bond motifs is 1. The summed E-state index contributed by atoms with van der Waals surface area (Å²) >= 11 is 19.6. The molecule has 0 spiro atoms. The molecule has 1 aromatic heterocycles. The van der Waals surface area contributed by atoms with Crippen LogP contribution in [0.2, 0.25) is 0 Å². The molecular weight excluding hydrogens is 419 g/mol. The Labute approximate surface area is 172 Å². The molecule has 5 nitrogen and oxygen atoms in total. The maximum atomic E-state index is 12.5. The van der Waals surface area contributed by atoms with Crippen LogP contribution in [0.1, 0.15) is 60.3 Å². The molecule has 1 amide bonds. The Morgan fingerprint density at radius 2 is 1.92 bits per heavy atom. The lowest BCUT2D eigenvalue weighted by molar-refractivity contribution is -0.121. The van der Waals surface area contributed by atoms with Gasteiger partial charge in [-0.25, -0.2) is 4.79 Å². The van der Waals surface area contributed by atoms with E-state index in [1.807, 2.05) is 6.92 Å². The van der Waals surface area contributed by atoms with Crippen molar-refractivity contribution in [1.82, 2.24) is 5.32 Å². The van der Waals surface area contributed by atoms with E-state index in [1.54, 1.807) is 6.92 Å². The quantitative estimate of drug-likeness (QED) is 0.361. The number of aryl methyl sites for hydroxylation is 1. The monoisotopic (exact) mass is 440 g/mol. The Kier molecular flexibility index (Phi) is 7.89. The summed E-state index contributed by atoms with van der Waals surface area (Å²) in [5.74, 6) is -0.618. The molecule has 0 saturated heterocycles. The van der Waals surface area contributed by atoms with Crippen molar-refractivity contribution in [2.45, 2.75) is 62.3 Å². The molecule has 2 rings (SSSR count). The average Bonchev–Trinajstić information content (AvgIpc) is 2.92. The van der Waals surface area contributed by atoms with Gasteiger partial charge in [0.25, 0.3) is 0 Å². The summed E-state index contributed by atoms with van der Waals surface area (Å²) in [6.07, 6.45) is 3.88. The molecule has 0 aliphatic heterocycles. The maximum absolute atomic E-state index is 12.5. The zero-order chi connectivity index (χ0) is 19.3. The van der Waals surface area contributed by atoms with Gasteiger partial charge >= 0.3 is 5.97 Å². The normalized spacial score (nSPS) is 15.1. The molecule has 1 aliphatic carbocycles. The summed E-state index contributed by atoms with van der Waals surface area (Å²) < 4.78 is 3.44. The van der Waals surface area contributed by atoms with Gasteiger partial charge in [-0.1, -0.05) is 41.7 Å². The molecule has 0 bridgehead atoms. The van der Waals surface area contributed by atoms with E-state index in [0.717, 1.165) is 36.1 Å². The van der Waals surface area contributed by atoms with Gasteiger partial charge in [0.2, 0.25) is 9.70 Å². The van der Waals surface area contributed by atoms with E-state index in [-0.39, 0.29) is 12.5 Å². The van der Waals surface area contributed by atoms with E-state index in [2.05, 4.69) is 10.6 Å². The van der Waals surface area contributed by atoms with Crippen molar-refractivity contribution < 1.29 is 14.3 Å². The lowest BCUT2D eigenvalue weighted by Crippen LogP contribution is -2.49. The van der Waals surface area contributed by atoms with Crippen LogP contribution in [0.5, 0.6) is 0 Å². The van der Waals surface area contributed by atoms with E-state index in [4.69, 9.17) is 39.5 Å². The van der Waals surface area contributed by atoms with Crippen molar-refractivity contribution in [3.8, 4) is 0 Å². The summed E-state index contributed by atoms with van der Waals surface area (Å²) in [5.41, 5.74) is 1.50. The molecule has 1 heterocycles. The third-order valence-corrected chi connectivity index (χ3v) is 5.91. The van der Waals surface area contributed by atoms with Crippen molar-refractivity contribution in [2.24, 2.45) is 0 Å². The Hall–Kier alpha value is -0.690. The number of alkyl halides is 3. The molecule has 0 saturated carbocycles. The van der Waals surface area contributed by atoms with Crippen LogP contribution in [0.3, 0.4) is 0 Å². The first-order valence-corrected chi connectivity index (χ1v) is 10.7. The molecule has 26 heavy (non-hydrogen) atoms. The first kappa shape index (κ1) is 21.6. The van der Waals surface area contributed by atoms with Gasteiger partial charge in [-0.15, -0.1) is 11.3 Å². The van der Waals surface area contributed by atoms with E-state index in [0.29, 0.717) is 23.4 Å². The van der Waals surface area contributed by atoms with E-state index in [1.165, 1.54) is 11.3 Å². The predicted molar refractivity (Wildman–Crippen MR) is 108 cm³/mol. The standard InChI is InChI=1S/C17H23Cl3N2O3S/c1-3-7-12(23)21-16(17(18,19)20)22-14-13(15(24)25-4-2)10-8-5-6-9-11(10)26-14/h16,22H,3-9H2,1-2H3,(H,21,23)/t16-/m1/s1. The van der Waals surface area contributed by atoms with Crippen LogP contribution in [0.15, 0.2) is 0 Å². The van der Waals surface area contributed by atoms with E-state index in [9.17, 15) is 9.59 Å². The first-order valence-electron chi connectivity index (χ1n) is 8.72. The smallest absolute Gasteiger partial charge is 0.341 e. The van der Waals surface area contributed by atoms with Crippen molar-refractivity contribution >= 4 is 63.0 Å². The fraction of sp³-hybridized carbons (Fsp3) is 0.647. The minimum absolute atomic E-state index is 0.227. The van der Waals surface area contributed by atoms with Crippen molar-refractivity contribution in [1.29, 1.82) is 0 Å². The Morgan fingerprint density at radius 1 is 1.23 bits per heavy atom. The Balaban J connectivity index is 2.34. The van der Waals surface area contributed by atoms with Crippen LogP contribution >= 0.6 is 46.1 Å². The van der Waals surface area contributed by atoms with Gasteiger partial charge in [0.05, 0.1) is 12.2 Å². The van der Waals surface area contributed by atoms with Crippen molar-refractivity contribution in [3.05, 3.63) is 16.0 Å². The number of carbonyl (C=O) groups excluding carboxylic acids is 2. The number of nitrogens with one attached hydrogen (secondary N) is 2. The first-order chi connectivity index (χ1) is 12.3. The number of amides is 1. The number of thiophene rings is 1. The minimum Gasteiger partial charge on any atom is -0.462 e. The molecule has 0 fully saturated rings. The Morgan fingerprint density at radius 3 is 2.54 bits per heavy atom. The second kappa shape index (κ2) is 9.49. The Bertz CT molecular complexity index is 658. The lowest BCUT2D eigenvalue weighted by atomic mass is 9.95. The summed E-state index contributed by atoms with van der Waals surface area (Å²) in [6, 6.07) is 0.